The first-order chi connectivity index (χ1) is 8.81. The summed E-state index contributed by atoms with van der Waals surface area (Å²) in [7, 11) is 0. The van der Waals surface area contributed by atoms with Gasteiger partial charge in [0.25, 0.3) is 0 Å². The highest BCUT2D eigenvalue weighted by molar-refractivity contribution is 5.20. The number of rotatable bonds is 5. The monoisotopic (exact) mass is 250 g/mol. The summed E-state index contributed by atoms with van der Waals surface area (Å²) in [5.74, 6) is -0.121. The maximum atomic E-state index is 13.4. The van der Waals surface area contributed by atoms with E-state index in [9.17, 15) is 4.39 Å². The number of nitrogens with one attached hydrogen (secondary N) is 1. The first-order valence-corrected chi connectivity index (χ1v) is 7.01. The molecule has 1 saturated heterocycles. The Bertz CT molecular complexity index is 361. The Morgan fingerprint density at radius 2 is 2.11 bits per heavy atom. The van der Waals surface area contributed by atoms with Gasteiger partial charge in [0.1, 0.15) is 5.82 Å². The molecule has 100 valence electrons. The van der Waals surface area contributed by atoms with Crippen LogP contribution in [0.5, 0.6) is 0 Å². The molecule has 1 unspecified atom stereocenters. The smallest absolute Gasteiger partial charge is 0.123 e. The second-order valence-corrected chi connectivity index (χ2v) is 5.00. The molecular weight excluding hydrogens is 227 g/mol. The fraction of sp³-hybridized carbons (Fsp3) is 0.600. The van der Waals surface area contributed by atoms with Gasteiger partial charge in [0.05, 0.1) is 0 Å². The van der Waals surface area contributed by atoms with Crippen LogP contribution in [-0.2, 0) is 0 Å². The second kappa shape index (κ2) is 6.86. The van der Waals surface area contributed by atoms with E-state index in [1.165, 1.54) is 18.9 Å². The Labute approximate surface area is 109 Å². The van der Waals surface area contributed by atoms with E-state index in [4.69, 9.17) is 0 Å². The number of unbranched alkanes of at least 4 members (excludes halogenated alkanes) is 1. The minimum Gasteiger partial charge on any atom is -0.314 e. The van der Waals surface area contributed by atoms with E-state index >= 15 is 0 Å². The average Bonchev–Trinajstić information content (AvgIpc) is 2.40. The van der Waals surface area contributed by atoms with Crippen LogP contribution >= 0.6 is 0 Å². The molecule has 0 amide bonds. The number of nitrogens with zero attached hydrogens (tertiary/aromatic N) is 1. The van der Waals surface area contributed by atoms with Gasteiger partial charge in [-0.2, -0.15) is 0 Å². The summed E-state index contributed by atoms with van der Waals surface area (Å²) in [6.45, 7) is 6.41. The molecule has 2 rings (SSSR count). The molecule has 0 saturated carbocycles. The molecule has 1 atom stereocenters. The van der Waals surface area contributed by atoms with Gasteiger partial charge < -0.3 is 5.32 Å². The molecule has 3 heteroatoms. The molecule has 0 aromatic heterocycles. The van der Waals surface area contributed by atoms with Crippen molar-refractivity contribution in [2.24, 2.45) is 0 Å². The van der Waals surface area contributed by atoms with Gasteiger partial charge in [-0.25, -0.2) is 4.39 Å². The molecule has 0 aliphatic carbocycles. The summed E-state index contributed by atoms with van der Waals surface area (Å²) >= 11 is 0. The Morgan fingerprint density at radius 3 is 2.78 bits per heavy atom. The lowest BCUT2D eigenvalue weighted by atomic mass is 9.98. The van der Waals surface area contributed by atoms with Crippen molar-refractivity contribution in [2.45, 2.75) is 32.2 Å². The molecule has 1 N–H and O–H groups in total. The molecule has 1 heterocycles. The van der Waals surface area contributed by atoms with Crippen LogP contribution in [0.25, 0.3) is 0 Å². The van der Waals surface area contributed by atoms with Gasteiger partial charge in [0, 0.05) is 32.2 Å². The van der Waals surface area contributed by atoms with Crippen molar-refractivity contribution in [1.29, 1.82) is 0 Å². The average molecular weight is 250 g/mol. The third-order valence-corrected chi connectivity index (χ3v) is 3.66. The zero-order valence-corrected chi connectivity index (χ0v) is 11.2. The van der Waals surface area contributed by atoms with E-state index in [1.807, 2.05) is 6.07 Å². The summed E-state index contributed by atoms with van der Waals surface area (Å²) in [6.07, 6.45) is 3.52. The summed E-state index contributed by atoms with van der Waals surface area (Å²) in [5.41, 5.74) is 1.13. The van der Waals surface area contributed by atoms with Crippen molar-refractivity contribution >= 4 is 0 Å². The van der Waals surface area contributed by atoms with Crippen molar-refractivity contribution in [3.63, 3.8) is 0 Å². The highest BCUT2D eigenvalue weighted by atomic mass is 19.1. The Kier molecular flexibility index (Phi) is 5.14. The number of hydrogen-bond acceptors (Lipinski definition) is 2. The topological polar surface area (TPSA) is 15.3 Å². The minimum absolute atomic E-state index is 0.121. The number of halogens is 1. The Morgan fingerprint density at radius 1 is 1.33 bits per heavy atom. The van der Waals surface area contributed by atoms with Crippen molar-refractivity contribution in [3.05, 3.63) is 35.6 Å². The van der Waals surface area contributed by atoms with Crippen LogP contribution in [0, 0.1) is 5.82 Å². The van der Waals surface area contributed by atoms with Crippen molar-refractivity contribution < 1.29 is 4.39 Å². The van der Waals surface area contributed by atoms with Crippen LogP contribution in [-0.4, -0.2) is 31.1 Å². The van der Waals surface area contributed by atoms with Gasteiger partial charge >= 0.3 is 0 Å². The molecule has 0 radical (unpaired) electrons. The first kappa shape index (κ1) is 13.5. The van der Waals surface area contributed by atoms with Gasteiger partial charge in [0.2, 0.25) is 0 Å². The fourth-order valence-corrected chi connectivity index (χ4v) is 2.67. The van der Waals surface area contributed by atoms with E-state index in [0.29, 0.717) is 6.04 Å². The molecule has 18 heavy (non-hydrogen) atoms. The van der Waals surface area contributed by atoms with E-state index < -0.39 is 0 Å². The summed E-state index contributed by atoms with van der Waals surface area (Å²) in [4.78, 5) is 2.49. The highest BCUT2D eigenvalue weighted by Gasteiger charge is 2.21. The van der Waals surface area contributed by atoms with E-state index in [0.717, 1.165) is 38.2 Å². The molecule has 2 nitrogen and oxygen atoms in total. The Balaban J connectivity index is 2.12. The maximum absolute atomic E-state index is 13.4. The number of hydrogen-bond donors (Lipinski definition) is 1. The van der Waals surface area contributed by atoms with Gasteiger partial charge in [0.15, 0.2) is 0 Å². The minimum atomic E-state index is -0.121. The largest absolute Gasteiger partial charge is 0.314 e. The van der Waals surface area contributed by atoms with Gasteiger partial charge in [-0.15, -0.1) is 0 Å². The summed E-state index contributed by atoms with van der Waals surface area (Å²) in [5, 5.41) is 3.37. The molecule has 1 aliphatic heterocycles. The fourth-order valence-electron chi connectivity index (χ4n) is 2.67. The highest BCUT2D eigenvalue weighted by Crippen LogP contribution is 2.27. The van der Waals surface area contributed by atoms with Gasteiger partial charge in [-0.1, -0.05) is 31.9 Å². The summed E-state index contributed by atoms with van der Waals surface area (Å²) in [6, 6.07) is 7.49. The maximum Gasteiger partial charge on any atom is 0.123 e. The second-order valence-electron chi connectivity index (χ2n) is 5.00. The third-order valence-electron chi connectivity index (χ3n) is 3.66. The first-order valence-electron chi connectivity index (χ1n) is 7.01. The van der Waals surface area contributed by atoms with Crippen LogP contribution in [0.15, 0.2) is 24.3 Å². The lowest BCUT2D eigenvalue weighted by Gasteiger charge is -2.35. The summed E-state index contributed by atoms with van der Waals surface area (Å²) < 4.78 is 13.4. The lowest BCUT2D eigenvalue weighted by molar-refractivity contribution is 0.163. The quantitative estimate of drug-likeness (QED) is 0.864. The van der Waals surface area contributed by atoms with Crippen LogP contribution < -0.4 is 5.32 Å². The van der Waals surface area contributed by atoms with E-state index in [1.54, 1.807) is 6.07 Å². The zero-order chi connectivity index (χ0) is 12.8. The SMILES string of the molecule is CCCCC(c1cccc(F)c1)N1CCNCC1. The van der Waals surface area contributed by atoms with Crippen molar-refractivity contribution in [1.82, 2.24) is 10.2 Å². The molecule has 0 spiro atoms. The number of piperazine rings is 1. The normalized spacial score (nSPS) is 18.8. The van der Waals surface area contributed by atoms with Crippen LogP contribution in [0.1, 0.15) is 37.8 Å². The molecule has 1 fully saturated rings. The Hall–Kier alpha value is -0.930. The van der Waals surface area contributed by atoms with Crippen LogP contribution in [0.4, 0.5) is 4.39 Å². The zero-order valence-electron chi connectivity index (χ0n) is 11.2. The molecule has 0 bridgehead atoms. The van der Waals surface area contributed by atoms with Crippen molar-refractivity contribution in [2.75, 3.05) is 26.2 Å². The molecule has 1 aliphatic rings. The standard InChI is InChI=1S/C15H23FN2/c1-2-3-7-15(18-10-8-17-9-11-18)13-5-4-6-14(16)12-13/h4-6,12,15,17H,2-3,7-11H2,1H3. The predicted molar refractivity (Wildman–Crippen MR) is 73.1 cm³/mol. The predicted octanol–water partition coefficient (Wildman–Crippen LogP) is 2.96. The molecule has 1 aromatic carbocycles. The van der Waals surface area contributed by atoms with E-state index in [-0.39, 0.29) is 5.82 Å². The third kappa shape index (κ3) is 3.53. The number of benzene rings is 1. The van der Waals surface area contributed by atoms with Gasteiger partial charge in [-0.3, -0.25) is 4.90 Å². The van der Waals surface area contributed by atoms with Gasteiger partial charge in [-0.05, 0) is 24.1 Å². The molecular formula is C15H23FN2. The van der Waals surface area contributed by atoms with Crippen molar-refractivity contribution in [3.8, 4) is 0 Å². The van der Waals surface area contributed by atoms with E-state index in [2.05, 4.69) is 23.2 Å². The molecule has 1 aromatic rings. The van der Waals surface area contributed by atoms with Crippen LogP contribution in [0.3, 0.4) is 0 Å². The lowest BCUT2D eigenvalue weighted by Crippen LogP contribution is -2.45. The van der Waals surface area contributed by atoms with Crippen LogP contribution in [0.2, 0.25) is 0 Å².